The summed E-state index contributed by atoms with van der Waals surface area (Å²) in [5.74, 6) is 2.35. The number of aryl methyl sites for hydroxylation is 1. The van der Waals surface area contributed by atoms with E-state index in [1.165, 1.54) is 5.56 Å². The Morgan fingerprint density at radius 2 is 1.85 bits per heavy atom. The number of rotatable bonds is 5. The van der Waals surface area contributed by atoms with Crippen molar-refractivity contribution in [2.24, 2.45) is 11.8 Å². The first-order chi connectivity index (χ1) is 13.1. The Bertz CT molecular complexity index is 824. The fraction of sp³-hybridized carbons (Fsp3) is 0.435. The van der Waals surface area contributed by atoms with Gasteiger partial charge in [-0.1, -0.05) is 18.2 Å². The van der Waals surface area contributed by atoms with Crippen LogP contribution in [0.3, 0.4) is 0 Å². The van der Waals surface area contributed by atoms with Gasteiger partial charge in [0.25, 0.3) is 5.91 Å². The SMILES string of the molecule is Cc1cccc(OC[C@H]2CC[C@H](CN3Cc4ccc(O)cc4C3=O)CC2)c1. The minimum absolute atomic E-state index is 0.0609. The molecule has 0 spiro atoms. The van der Waals surface area contributed by atoms with Gasteiger partial charge in [0.1, 0.15) is 11.5 Å². The van der Waals surface area contributed by atoms with Crippen LogP contribution in [-0.2, 0) is 6.54 Å². The Morgan fingerprint density at radius 3 is 2.63 bits per heavy atom. The van der Waals surface area contributed by atoms with Crippen LogP contribution in [0.1, 0.15) is 47.2 Å². The molecule has 1 amide bonds. The van der Waals surface area contributed by atoms with Gasteiger partial charge in [0.15, 0.2) is 0 Å². The molecule has 0 atom stereocenters. The van der Waals surface area contributed by atoms with E-state index in [-0.39, 0.29) is 11.7 Å². The molecule has 142 valence electrons. The van der Waals surface area contributed by atoms with Crippen molar-refractivity contribution < 1.29 is 14.6 Å². The number of carbonyl (C=O) groups is 1. The van der Waals surface area contributed by atoms with Crippen molar-refractivity contribution in [1.82, 2.24) is 4.90 Å². The average molecular weight is 365 g/mol. The van der Waals surface area contributed by atoms with Crippen molar-refractivity contribution in [3.63, 3.8) is 0 Å². The van der Waals surface area contributed by atoms with E-state index in [9.17, 15) is 9.90 Å². The highest BCUT2D eigenvalue weighted by Gasteiger charge is 2.31. The molecule has 0 radical (unpaired) electrons. The molecule has 1 fully saturated rings. The molecule has 1 N–H and O–H groups in total. The number of phenolic OH excluding ortho intramolecular Hbond substituents is 1. The summed E-state index contributed by atoms with van der Waals surface area (Å²) in [7, 11) is 0. The molecular formula is C23H27NO3. The molecule has 2 aliphatic rings. The second-order valence-corrected chi connectivity index (χ2v) is 8.04. The minimum atomic E-state index is 0.0609. The monoisotopic (exact) mass is 365 g/mol. The van der Waals surface area contributed by atoms with E-state index < -0.39 is 0 Å². The van der Waals surface area contributed by atoms with Crippen LogP contribution < -0.4 is 4.74 Å². The molecule has 4 nitrogen and oxygen atoms in total. The molecule has 2 aromatic carbocycles. The number of fused-ring (bicyclic) bond motifs is 1. The summed E-state index contributed by atoms with van der Waals surface area (Å²) in [4.78, 5) is 14.5. The zero-order valence-electron chi connectivity index (χ0n) is 15.9. The van der Waals surface area contributed by atoms with Gasteiger partial charge in [-0.05, 0) is 79.8 Å². The highest BCUT2D eigenvalue weighted by atomic mass is 16.5. The molecule has 0 saturated heterocycles. The van der Waals surface area contributed by atoms with Gasteiger partial charge < -0.3 is 14.7 Å². The van der Waals surface area contributed by atoms with Gasteiger partial charge in [0, 0.05) is 18.7 Å². The van der Waals surface area contributed by atoms with Gasteiger partial charge in [0.2, 0.25) is 0 Å². The fourth-order valence-corrected chi connectivity index (χ4v) is 4.31. The molecule has 1 aliphatic carbocycles. The van der Waals surface area contributed by atoms with E-state index in [1.54, 1.807) is 12.1 Å². The van der Waals surface area contributed by atoms with Crippen LogP contribution in [0.25, 0.3) is 0 Å². The second-order valence-electron chi connectivity index (χ2n) is 8.04. The normalized spacial score (nSPS) is 22.0. The average Bonchev–Trinajstić information content (AvgIpc) is 2.97. The number of hydrogen-bond donors (Lipinski definition) is 1. The van der Waals surface area contributed by atoms with Crippen molar-refractivity contribution in [2.45, 2.75) is 39.2 Å². The predicted octanol–water partition coefficient (Wildman–Crippen LogP) is 4.54. The quantitative estimate of drug-likeness (QED) is 0.846. The molecule has 1 aliphatic heterocycles. The number of amides is 1. The summed E-state index contributed by atoms with van der Waals surface area (Å²) in [6.07, 6.45) is 4.61. The summed E-state index contributed by atoms with van der Waals surface area (Å²) in [5, 5.41) is 9.62. The third kappa shape index (κ3) is 4.10. The third-order valence-electron chi connectivity index (χ3n) is 5.89. The number of nitrogens with zero attached hydrogens (tertiary/aromatic N) is 1. The molecule has 4 heteroatoms. The second kappa shape index (κ2) is 7.63. The molecule has 0 bridgehead atoms. The number of aromatic hydroxyl groups is 1. The van der Waals surface area contributed by atoms with E-state index in [0.717, 1.165) is 50.1 Å². The van der Waals surface area contributed by atoms with E-state index >= 15 is 0 Å². The Kier molecular flexibility index (Phi) is 5.06. The van der Waals surface area contributed by atoms with Gasteiger partial charge in [-0.15, -0.1) is 0 Å². The number of phenols is 1. The largest absolute Gasteiger partial charge is 0.508 e. The lowest BCUT2D eigenvalue weighted by Gasteiger charge is -2.31. The van der Waals surface area contributed by atoms with Crippen LogP contribution in [0.4, 0.5) is 0 Å². The maximum absolute atomic E-state index is 12.6. The standard InChI is InChI=1S/C23H27NO3/c1-16-3-2-4-21(11-16)27-15-18-7-5-17(6-8-18)13-24-14-19-9-10-20(25)12-22(19)23(24)26/h2-4,9-12,17-18,25H,5-8,13-15H2,1H3/t17-,18-. The van der Waals surface area contributed by atoms with Gasteiger partial charge >= 0.3 is 0 Å². The summed E-state index contributed by atoms with van der Waals surface area (Å²) in [6, 6.07) is 13.3. The number of hydrogen-bond acceptors (Lipinski definition) is 3. The first-order valence-corrected chi connectivity index (χ1v) is 9.89. The van der Waals surface area contributed by atoms with E-state index in [1.807, 2.05) is 23.1 Å². The number of benzene rings is 2. The molecule has 1 saturated carbocycles. The predicted molar refractivity (Wildman–Crippen MR) is 105 cm³/mol. The number of carbonyl (C=O) groups excluding carboxylic acids is 1. The van der Waals surface area contributed by atoms with Crippen LogP contribution in [0.15, 0.2) is 42.5 Å². The van der Waals surface area contributed by atoms with Crippen molar-refractivity contribution in [3.05, 3.63) is 59.2 Å². The molecule has 27 heavy (non-hydrogen) atoms. The molecule has 1 heterocycles. The zero-order chi connectivity index (χ0) is 18.8. The molecular weight excluding hydrogens is 338 g/mol. The summed E-state index contributed by atoms with van der Waals surface area (Å²) >= 11 is 0. The van der Waals surface area contributed by atoms with Crippen LogP contribution in [-0.4, -0.2) is 29.1 Å². The summed E-state index contributed by atoms with van der Waals surface area (Å²) in [5.41, 5.74) is 2.91. The Morgan fingerprint density at radius 1 is 1.07 bits per heavy atom. The van der Waals surface area contributed by atoms with Crippen LogP contribution in [0, 0.1) is 18.8 Å². The maximum Gasteiger partial charge on any atom is 0.254 e. The zero-order valence-corrected chi connectivity index (χ0v) is 15.9. The van der Waals surface area contributed by atoms with Gasteiger partial charge in [-0.25, -0.2) is 0 Å². The van der Waals surface area contributed by atoms with Crippen LogP contribution in [0.2, 0.25) is 0 Å². The summed E-state index contributed by atoms with van der Waals surface area (Å²) in [6.45, 7) is 4.35. The van der Waals surface area contributed by atoms with Crippen molar-refractivity contribution in [2.75, 3.05) is 13.2 Å². The number of ether oxygens (including phenoxy) is 1. The van der Waals surface area contributed by atoms with E-state index in [0.29, 0.717) is 23.9 Å². The smallest absolute Gasteiger partial charge is 0.254 e. The molecule has 4 rings (SSSR count). The Balaban J connectivity index is 1.25. The lowest BCUT2D eigenvalue weighted by atomic mass is 9.82. The Hall–Kier alpha value is -2.49. The van der Waals surface area contributed by atoms with Crippen LogP contribution in [0.5, 0.6) is 11.5 Å². The lowest BCUT2D eigenvalue weighted by Crippen LogP contribution is -2.32. The minimum Gasteiger partial charge on any atom is -0.508 e. The van der Waals surface area contributed by atoms with Crippen molar-refractivity contribution in [1.29, 1.82) is 0 Å². The van der Waals surface area contributed by atoms with Gasteiger partial charge in [0.05, 0.1) is 6.61 Å². The van der Waals surface area contributed by atoms with Crippen molar-refractivity contribution in [3.8, 4) is 11.5 Å². The third-order valence-corrected chi connectivity index (χ3v) is 5.89. The molecule has 0 unspecified atom stereocenters. The maximum atomic E-state index is 12.6. The Labute approximate surface area is 160 Å². The highest BCUT2D eigenvalue weighted by molar-refractivity contribution is 5.98. The van der Waals surface area contributed by atoms with E-state index in [2.05, 4.69) is 19.1 Å². The lowest BCUT2D eigenvalue weighted by molar-refractivity contribution is 0.0721. The highest BCUT2D eigenvalue weighted by Crippen LogP contribution is 2.33. The first kappa shape index (κ1) is 17.9. The van der Waals surface area contributed by atoms with E-state index in [4.69, 9.17) is 4.74 Å². The van der Waals surface area contributed by atoms with Crippen molar-refractivity contribution >= 4 is 5.91 Å². The van der Waals surface area contributed by atoms with Crippen LogP contribution >= 0.6 is 0 Å². The topological polar surface area (TPSA) is 49.8 Å². The van der Waals surface area contributed by atoms with Gasteiger partial charge in [-0.2, -0.15) is 0 Å². The molecule has 0 aromatic heterocycles. The molecule has 2 aromatic rings. The van der Waals surface area contributed by atoms with Gasteiger partial charge in [-0.3, -0.25) is 4.79 Å². The summed E-state index contributed by atoms with van der Waals surface area (Å²) < 4.78 is 5.98. The first-order valence-electron chi connectivity index (χ1n) is 9.89. The fourth-order valence-electron chi connectivity index (χ4n) is 4.31.